The number of rotatable bonds is 10. The van der Waals surface area contributed by atoms with Crippen molar-refractivity contribution in [3.63, 3.8) is 0 Å². The first kappa shape index (κ1) is 28.2. The fourth-order valence-electron chi connectivity index (χ4n) is 5.66. The van der Waals surface area contributed by atoms with E-state index in [1.807, 2.05) is 43.3 Å². The number of aliphatic hydroxyl groups excluding tert-OH is 1. The van der Waals surface area contributed by atoms with Crippen LogP contribution in [0.3, 0.4) is 0 Å². The second-order valence-electron chi connectivity index (χ2n) is 11.4. The van der Waals surface area contributed by atoms with Crippen LogP contribution in [0.2, 0.25) is 0 Å². The number of Topliss-reactive ketones (excluding diaryl/α,β-unsaturated/α-hetero) is 1. The van der Waals surface area contributed by atoms with Gasteiger partial charge in [-0.3, -0.25) is 14.5 Å². The number of fused-ring (bicyclic) bond motifs is 1. The number of likely N-dealkylation sites (tertiary alicyclic amines) is 1. The van der Waals surface area contributed by atoms with Gasteiger partial charge in [0.25, 0.3) is 11.7 Å². The third-order valence-electron chi connectivity index (χ3n) is 7.82. The molecule has 8 heteroatoms. The molecule has 1 N–H and O–H groups in total. The van der Waals surface area contributed by atoms with E-state index in [1.54, 1.807) is 11.0 Å². The minimum Gasteiger partial charge on any atom is -0.507 e. The summed E-state index contributed by atoms with van der Waals surface area (Å²) in [6.07, 6.45) is 2.42. The summed E-state index contributed by atoms with van der Waals surface area (Å²) < 4.78 is 17.3. The van der Waals surface area contributed by atoms with Gasteiger partial charge in [-0.1, -0.05) is 26.0 Å². The van der Waals surface area contributed by atoms with Crippen LogP contribution in [0.4, 0.5) is 0 Å². The van der Waals surface area contributed by atoms with Gasteiger partial charge in [0, 0.05) is 38.2 Å². The zero-order valence-electron chi connectivity index (χ0n) is 23.7. The number of ether oxygens (including phenoxy) is 3. The normalized spacial score (nSPS) is 22.6. The molecule has 2 saturated heterocycles. The topological polar surface area (TPSA) is 88.5 Å². The van der Waals surface area contributed by atoms with Crippen LogP contribution < -0.4 is 9.47 Å². The van der Waals surface area contributed by atoms with E-state index in [2.05, 4.69) is 18.7 Å². The minimum atomic E-state index is -0.707. The largest absolute Gasteiger partial charge is 0.507 e. The predicted octanol–water partition coefficient (Wildman–Crippen LogP) is 4.58. The Bertz CT molecular complexity index is 1270. The standard InChI is InChI=1S/C32H40N2O6/c1-21(2)10-15-39-26-7-4-6-23(20-26)29-28(30(35)24-8-9-27-25(19-24)18-22(3)40-27)31(36)32(37)34(29)12-5-11-33-13-16-38-17-14-33/h4,6-9,19-22,29,35H,5,10-18H2,1-3H3/b30-28+/t22-,29-/m0/s1. The maximum atomic E-state index is 13.5. The molecule has 0 aromatic heterocycles. The van der Waals surface area contributed by atoms with Crippen LogP contribution in [0, 0.1) is 5.92 Å². The van der Waals surface area contributed by atoms with Crippen LogP contribution in [0.25, 0.3) is 5.76 Å². The highest BCUT2D eigenvalue weighted by Crippen LogP contribution is 2.41. The Morgan fingerprint density at radius 3 is 2.67 bits per heavy atom. The van der Waals surface area contributed by atoms with E-state index in [9.17, 15) is 14.7 Å². The first-order valence-electron chi connectivity index (χ1n) is 14.4. The number of ketones is 1. The molecule has 0 aliphatic carbocycles. The Kier molecular flexibility index (Phi) is 8.76. The highest BCUT2D eigenvalue weighted by Gasteiger charge is 2.46. The molecule has 5 rings (SSSR count). The first-order chi connectivity index (χ1) is 19.3. The Morgan fingerprint density at radius 2 is 1.90 bits per heavy atom. The number of carbonyl (C=O) groups is 2. The molecule has 40 heavy (non-hydrogen) atoms. The molecule has 0 saturated carbocycles. The molecule has 0 radical (unpaired) electrons. The predicted molar refractivity (Wildman–Crippen MR) is 153 cm³/mol. The number of hydrogen-bond donors (Lipinski definition) is 1. The number of nitrogens with zero attached hydrogens (tertiary/aromatic N) is 2. The molecule has 8 nitrogen and oxygen atoms in total. The molecule has 3 aliphatic rings. The number of morpholine rings is 1. The van der Waals surface area contributed by atoms with Gasteiger partial charge in [-0.25, -0.2) is 0 Å². The smallest absolute Gasteiger partial charge is 0.295 e. The number of benzene rings is 2. The van der Waals surface area contributed by atoms with Crippen molar-refractivity contribution < 1.29 is 28.9 Å². The molecule has 214 valence electrons. The van der Waals surface area contributed by atoms with Gasteiger partial charge in [0.2, 0.25) is 0 Å². The maximum absolute atomic E-state index is 13.5. The number of amides is 1. The second kappa shape index (κ2) is 12.4. The van der Waals surface area contributed by atoms with Gasteiger partial charge in [-0.05, 0) is 67.1 Å². The summed E-state index contributed by atoms with van der Waals surface area (Å²) in [6.45, 7) is 11.2. The van der Waals surface area contributed by atoms with Gasteiger partial charge >= 0.3 is 0 Å². The Balaban J connectivity index is 1.47. The lowest BCUT2D eigenvalue weighted by molar-refractivity contribution is -0.140. The SMILES string of the molecule is CC(C)CCOc1cccc([C@H]2/C(=C(\O)c3ccc4c(c3)C[C@H](C)O4)C(=O)C(=O)N2CCCN2CCOCC2)c1. The van der Waals surface area contributed by atoms with Crippen molar-refractivity contribution in [3.8, 4) is 11.5 Å². The van der Waals surface area contributed by atoms with Crippen LogP contribution in [-0.2, 0) is 20.7 Å². The van der Waals surface area contributed by atoms with Gasteiger partial charge in [-0.15, -0.1) is 0 Å². The molecule has 0 unspecified atom stereocenters. The zero-order valence-corrected chi connectivity index (χ0v) is 23.7. The van der Waals surface area contributed by atoms with Crippen LogP contribution in [-0.4, -0.2) is 78.7 Å². The average Bonchev–Trinajstić information content (AvgIpc) is 3.44. The Hall–Kier alpha value is -3.36. The molecule has 0 bridgehead atoms. The number of hydrogen-bond acceptors (Lipinski definition) is 7. The molecule has 3 aliphatic heterocycles. The first-order valence-corrected chi connectivity index (χ1v) is 14.4. The Labute approximate surface area is 236 Å². The minimum absolute atomic E-state index is 0.0582. The van der Waals surface area contributed by atoms with Crippen LogP contribution >= 0.6 is 0 Å². The van der Waals surface area contributed by atoms with E-state index in [1.165, 1.54) is 0 Å². The fourth-order valence-corrected chi connectivity index (χ4v) is 5.66. The second-order valence-corrected chi connectivity index (χ2v) is 11.4. The van der Waals surface area contributed by atoms with Crippen molar-refractivity contribution >= 4 is 17.4 Å². The third kappa shape index (κ3) is 6.18. The van der Waals surface area contributed by atoms with Crippen LogP contribution in [0.1, 0.15) is 56.3 Å². The van der Waals surface area contributed by atoms with Crippen molar-refractivity contribution in [1.82, 2.24) is 9.80 Å². The lowest BCUT2D eigenvalue weighted by Gasteiger charge is -2.29. The fraction of sp³-hybridized carbons (Fsp3) is 0.500. The zero-order chi connectivity index (χ0) is 28.2. The van der Waals surface area contributed by atoms with Crippen LogP contribution in [0.15, 0.2) is 48.0 Å². The van der Waals surface area contributed by atoms with E-state index >= 15 is 0 Å². The summed E-state index contributed by atoms with van der Waals surface area (Å²) in [4.78, 5) is 30.9. The summed E-state index contributed by atoms with van der Waals surface area (Å²) in [5.74, 6) is 0.578. The van der Waals surface area contributed by atoms with Gasteiger partial charge in [-0.2, -0.15) is 0 Å². The maximum Gasteiger partial charge on any atom is 0.295 e. The molecule has 2 atom stereocenters. The van der Waals surface area contributed by atoms with Crippen molar-refractivity contribution in [2.45, 2.75) is 52.2 Å². The molecule has 1 amide bonds. The molecule has 3 heterocycles. The summed E-state index contributed by atoms with van der Waals surface area (Å²) in [5, 5.41) is 11.5. The quantitative estimate of drug-likeness (QED) is 0.264. The monoisotopic (exact) mass is 548 g/mol. The van der Waals surface area contributed by atoms with Crippen molar-refractivity contribution in [2.24, 2.45) is 5.92 Å². The molecule has 0 spiro atoms. The lowest BCUT2D eigenvalue weighted by Crippen LogP contribution is -2.38. The van der Waals surface area contributed by atoms with Crippen LogP contribution in [0.5, 0.6) is 11.5 Å². The molecule has 2 aromatic carbocycles. The van der Waals surface area contributed by atoms with Gasteiger partial charge < -0.3 is 24.2 Å². The Morgan fingerprint density at radius 1 is 1.10 bits per heavy atom. The number of carbonyl (C=O) groups excluding carboxylic acids is 2. The number of aliphatic hydroxyl groups is 1. The van der Waals surface area contributed by atoms with Crippen molar-refractivity contribution in [3.05, 3.63) is 64.7 Å². The molecule has 2 aromatic rings. The summed E-state index contributed by atoms with van der Waals surface area (Å²) in [7, 11) is 0. The van der Waals surface area contributed by atoms with E-state index in [4.69, 9.17) is 14.2 Å². The average molecular weight is 549 g/mol. The van der Waals surface area contributed by atoms with Gasteiger partial charge in [0.15, 0.2) is 0 Å². The summed E-state index contributed by atoms with van der Waals surface area (Å²) in [6, 6.07) is 12.3. The highest BCUT2D eigenvalue weighted by molar-refractivity contribution is 6.46. The third-order valence-corrected chi connectivity index (χ3v) is 7.82. The van der Waals surface area contributed by atoms with E-state index in [0.29, 0.717) is 50.0 Å². The van der Waals surface area contributed by atoms with E-state index in [-0.39, 0.29) is 17.4 Å². The molecular weight excluding hydrogens is 508 g/mol. The van der Waals surface area contributed by atoms with Crippen molar-refractivity contribution in [1.29, 1.82) is 0 Å². The summed E-state index contributed by atoms with van der Waals surface area (Å²) in [5.41, 5.74) is 2.35. The van der Waals surface area contributed by atoms with E-state index < -0.39 is 17.7 Å². The summed E-state index contributed by atoms with van der Waals surface area (Å²) >= 11 is 0. The van der Waals surface area contributed by atoms with E-state index in [0.717, 1.165) is 49.4 Å². The van der Waals surface area contributed by atoms with Gasteiger partial charge in [0.05, 0.1) is 31.4 Å². The molecule has 2 fully saturated rings. The van der Waals surface area contributed by atoms with Crippen molar-refractivity contribution in [2.75, 3.05) is 46.0 Å². The lowest BCUT2D eigenvalue weighted by atomic mass is 9.94. The molecular formula is C32H40N2O6. The van der Waals surface area contributed by atoms with Gasteiger partial charge in [0.1, 0.15) is 23.4 Å². The highest BCUT2D eigenvalue weighted by atomic mass is 16.5.